The van der Waals surface area contributed by atoms with Gasteiger partial charge in [0.15, 0.2) is 0 Å². The Balaban J connectivity index is 0.00000140. The highest BCUT2D eigenvalue weighted by molar-refractivity contribution is 5.85. The van der Waals surface area contributed by atoms with Crippen LogP contribution in [-0.2, 0) is 4.79 Å². The minimum Gasteiger partial charge on any atom is -0.497 e. The first-order chi connectivity index (χ1) is 12.7. The summed E-state index contributed by atoms with van der Waals surface area (Å²) >= 11 is 0. The van der Waals surface area contributed by atoms with Crippen LogP contribution >= 0.6 is 24.8 Å². The second-order valence-electron chi connectivity index (χ2n) is 8.15. The van der Waals surface area contributed by atoms with Gasteiger partial charge in [0, 0.05) is 12.5 Å². The maximum atomic E-state index is 12.8. The Labute approximate surface area is 180 Å². The number of carbonyl (C=O) groups is 1. The summed E-state index contributed by atoms with van der Waals surface area (Å²) in [6.07, 6.45) is 5.88. The molecule has 3 aliphatic rings. The molecule has 5 nitrogen and oxygen atoms in total. The fourth-order valence-corrected chi connectivity index (χ4v) is 4.85. The highest BCUT2D eigenvalue weighted by Crippen LogP contribution is 2.58. The largest absolute Gasteiger partial charge is 0.497 e. The standard InChI is InChI=1S/C21H31N3O2.2ClH/c1-26-17-6-4-16(5-7-17)19(24-12-2-3-13-24)15-23-20(25)18-14-21(18)8-10-22-11-9-21;;/h4-7,18-19,22H,2-3,8-15H2,1H3,(H,23,25);2*1H. The molecule has 0 radical (unpaired) electrons. The van der Waals surface area contributed by atoms with E-state index in [9.17, 15) is 4.79 Å². The SMILES string of the molecule is COc1ccc(C(CNC(=O)C2CC23CCNCC3)N2CCCC2)cc1.Cl.Cl. The van der Waals surface area contributed by atoms with Gasteiger partial charge < -0.3 is 15.4 Å². The van der Waals surface area contributed by atoms with Crippen molar-refractivity contribution in [2.45, 2.75) is 38.1 Å². The van der Waals surface area contributed by atoms with Crippen molar-refractivity contribution >= 4 is 30.7 Å². The van der Waals surface area contributed by atoms with Crippen molar-refractivity contribution in [2.75, 3.05) is 39.8 Å². The van der Waals surface area contributed by atoms with Gasteiger partial charge in [0.2, 0.25) is 5.91 Å². The predicted molar refractivity (Wildman–Crippen MR) is 117 cm³/mol. The van der Waals surface area contributed by atoms with Crippen LogP contribution in [0.1, 0.15) is 43.7 Å². The van der Waals surface area contributed by atoms with E-state index in [2.05, 4.69) is 27.7 Å². The lowest BCUT2D eigenvalue weighted by atomic mass is 9.91. The van der Waals surface area contributed by atoms with Crippen LogP contribution in [0.2, 0.25) is 0 Å². The van der Waals surface area contributed by atoms with Crippen molar-refractivity contribution in [2.24, 2.45) is 11.3 Å². The summed E-state index contributed by atoms with van der Waals surface area (Å²) in [5, 5.41) is 6.70. The van der Waals surface area contributed by atoms with Crippen LogP contribution in [0.3, 0.4) is 0 Å². The lowest BCUT2D eigenvalue weighted by Crippen LogP contribution is -2.39. The summed E-state index contributed by atoms with van der Waals surface area (Å²) in [6, 6.07) is 8.57. The summed E-state index contributed by atoms with van der Waals surface area (Å²) in [7, 11) is 1.69. The fourth-order valence-electron chi connectivity index (χ4n) is 4.85. The van der Waals surface area contributed by atoms with Gasteiger partial charge >= 0.3 is 0 Å². The molecule has 1 saturated carbocycles. The second kappa shape index (κ2) is 10.1. The number of nitrogens with one attached hydrogen (secondary N) is 2. The molecule has 3 fully saturated rings. The van der Waals surface area contributed by atoms with Crippen molar-refractivity contribution in [3.8, 4) is 5.75 Å². The lowest BCUT2D eigenvalue weighted by Gasteiger charge is -2.29. The number of amides is 1. The number of ether oxygens (including phenoxy) is 1. The molecule has 28 heavy (non-hydrogen) atoms. The van der Waals surface area contributed by atoms with Crippen LogP contribution < -0.4 is 15.4 Å². The average molecular weight is 430 g/mol. The van der Waals surface area contributed by atoms with Gasteiger partial charge in [-0.05, 0) is 81.4 Å². The number of carbonyl (C=O) groups excluding carboxylic acids is 1. The Hall–Kier alpha value is -1.01. The van der Waals surface area contributed by atoms with Gasteiger partial charge in [-0.2, -0.15) is 0 Å². The first kappa shape index (κ1) is 23.3. The van der Waals surface area contributed by atoms with E-state index in [0.29, 0.717) is 12.0 Å². The third-order valence-corrected chi connectivity index (χ3v) is 6.66. The number of piperidine rings is 1. The first-order valence-corrected chi connectivity index (χ1v) is 10.1. The maximum Gasteiger partial charge on any atom is 0.223 e. The minimum absolute atomic E-state index is 0. The fraction of sp³-hybridized carbons (Fsp3) is 0.667. The molecule has 1 amide bonds. The average Bonchev–Trinajstić information content (AvgIpc) is 3.11. The smallest absolute Gasteiger partial charge is 0.223 e. The lowest BCUT2D eigenvalue weighted by molar-refractivity contribution is -0.123. The number of hydrogen-bond donors (Lipinski definition) is 2. The predicted octanol–water partition coefficient (Wildman–Crippen LogP) is 3.18. The molecule has 2 heterocycles. The molecule has 0 bridgehead atoms. The zero-order valence-corrected chi connectivity index (χ0v) is 18.2. The van der Waals surface area contributed by atoms with Crippen molar-refractivity contribution in [3.63, 3.8) is 0 Å². The number of benzene rings is 1. The van der Waals surface area contributed by atoms with Gasteiger partial charge in [0.25, 0.3) is 0 Å². The van der Waals surface area contributed by atoms with Crippen LogP contribution in [-0.4, -0.2) is 50.6 Å². The number of methoxy groups -OCH3 is 1. The molecular formula is C21H33Cl2N3O2. The van der Waals surface area contributed by atoms with Gasteiger partial charge in [-0.25, -0.2) is 0 Å². The minimum atomic E-state index is 0. The molecule has 1 aromatic carbocycles. The second-order valence-corrected chi connectivity index (χ2v) is 8.15. The van der Waals surface area contributed by atoms with Crippen LogP contribution in [0.15, 0.2) is 24.3 Å². The van der Waals surface area contributed by atoms with Gasteiger partial charge in [0.05, 0.1) is 13.2 Å². The summed E-state index contributed by atoms with van der Waals surface area (Å²) in [4.78, 5) is 15.3. The monoisotopic (exact) mass is 429 g/mol. The van der Waals surface area contributed by atoms with E-state index in [0.717, 1.165) is 51.2 Å². The van der Waals surface area contributed by atoms with Crippen molar-refractivity contribution in [1.29, 1.82) is 0 Å². The van der Waals surface area contributed by atoms with Crippen LogP contribution in [0.25, 0.3) is 0 Å². The molecule has 1 aromatic rings. The Bertz CT molecular complexity index is 629. The third-order valence-electron chi connectivity index (χ3n) is 6.66. The van der Waals surface area contributed by atoms with E-state index >= 15 is 0 Å². The van der Waals surface area contributed by atoms with Crippen LogP contribution in [0.5, 0.6) is 5.75 Å². The topological polar surface area (TPSA) is 53.6 Å². The van der Waals surface area contributed by atoms with Gasteiger partial charge in [-0.3, -0.25) is 9.69 Å². The van der Waals surface area contributed by atoms with Crippen molar-refractivity contribution in [3.05, 3.63) is 29.8 Å². The molecular weight excluding hydrogens is 397 g/mol. The molecule has 2 aliphatic heterocycles. The molecule has 7 heteroatoms. The Morgan fingerprint density at radius 2 is 1.86 bits per heavy atom. The molecule has 0 aromatic heterocycles. The Morgan fingerprint density at radius 3 is 2.46 bits per heavy atom. The zero-order valence-electron chi connectivity index (χ0n) is 16.6. The molecule has 158 valence electrons. The number of rotatable bonds is 6. The van der Waals surface area contributed by atoms with E-state index in [1.54, 1.807) is 7.11 Å². The molecule has 2 atom stereocenters. The normalized spacial score (nSPS) is 24.0. The van der Waals surface area contributed by atoms with Gasteiger partial charge in [-0.1, -0.05) is 12.1 Å². The Morgan fingerprint density at radius 1 is 1.21 bits per heavy atom. The van der Waals surface area contributed by atoms with Crippen molar-refractivity contribution in [1.82, 2.24) is 15.5 Å². The zero-order chi connectivity index (χ0) is 18.0. The van der Waals surface area contributed by atoms with Crippen LogP contribution in [0, 0.1) is 11.3 Å². The summed E-state index contributed by atoms with van der Waals surface area (Å²) in [6.45, 7) is 5.06. The molecule has 4 rings (SSSR count). The Kier molecular flexibility index (Phi) is 8.44. The summed E-state index contributed by atoms with van der Waals surface area (Å²) in [5.74, 6) is 1.38. The van der Waals surface area contributed by atoms with Gasteiger partial charge in [0.1, 0.15) is 5.75 Å². The van der Waals surface area contributed by atoms with E-state index in [1.165, 1.54) is 18.4 Å². The quantitative estimate of drug-likeness (QED) is 0.728. The molecule has 2 saturated heterocycles. The first-order valence-electron chi connectivity index (χ1n) is 10.1. The summed E-state index contributed by atoms with van der Waals surface area (Å²) < 4.78 is 5.29. The van der Waals surface area contributed by atoms with E-state index in [1.807, 2.05) is 12.1 Å². The number of nitrogens with zero attached hydrogens (tertiary/aromatic N) is 1. The van der Waals surface area contributed by atoms with Crippen molar-refractivity contribution < 1.29 is 9.53 Å². The highest BCUT2D eigenvalue weighted by atomic mass is 35.5. The van der Waals surface area contributed by atoms with E-state index in [-0.39, 0.29) is 42.7 Å². The van der Waals surface area contributed by atoms with Gasteiger partial charge in [-0.15, -0.1) is 24.8 Å². The number of halogens is 2. The molecule has 1 aliphatic carbocycles. The van der Waals surface area contributed by atoms with E-state index < -0.39 is 0 Å². The molecule has 1 spiro atoms. The third kappa shape index (κ3) is 4.93. The number of likely N-dealkylation sites (tertiary alicyclic amines) is 1. The number of hydrogen-bond acceptors (Lipinski definition) is 4. The van der Waals surface area contributed by atoms with Crippen LogP contribution in [0.4, 0.5) is 0 Å². The molecule has 2 unspecified atom stereocenters. The maximum absolute atomic E-state index is 12.8. The van der Waals surface area contributed by atoms with E-state index in [4.69, 9.17) is 4.74 Å². The summed E-state index contributed by atoms with van der Waals surface area (Å²) in [5.41, 5.74) is 1.57. The highest BCUT2D eigenvalue weighted by Gasteiger charge is 2.57. The molecule has 2 N–H and O–H groups in total.